The molecular formula is C10H14N4O3. The molecule has 0 saturated carbocycles. The van der Waals surface area contributed by atoms with Crippen LogP contribution < -0.4 is 10.9 Å². The summed E-state index contributed by atoms with van der Waals surface area (Å²) in [5.41, 5.74) is 5.04. The third-order valence-corrected chi connectivity index (χ3v) is 2.49. The maximum absolute atomic E-state index is 11.6. The summed E-state index contributed by atoms with van der Waals surface area (Å²) in [6.45, 7) is 0.592. The molecule has 1 aliphatic heterocycles. The predicted molar refractivity (Wildman–Crippen MR) is 57.8 cm³/mol. The fraction of sp³-hybridized carbons (Fsp3) is 0.500. The standard InChI is InChI=1S/C10H14N4O3/c1-14-6-7(5-11-14)9(15)12-13-10(16)8-3-2-4-17-8/h5-6,8H,2-4H2,1H3,(H,12,15)(H,13,16). The molecule has 7 nitrogen and oxygen atoms in total. The summed E-state index contributed by atoms with van der Waals surface area (Å²) < 4.78 is 6.69. The predicted octanol–water partition coefficient (Wildman–Crippen LogP) is -0.640. The van der Waals surface area contributed by atoms with Crippen molar-refractivity contribution in [3.63, 3.8) is 0 Å². The normalized spacial score (nSPS) is 19.0. The van der Waals surface area contributed by atoms with Gasteiger partial charge in [0.2, 0.25) is 0 Å². The molecule has 1 saturated heterocycles. The third kappa shape index (κ3) is 2.82. The second-order valence-corrected chi connectivity index (χ2v) is 3.85. The van der Waals surface area contributed by atoms with Crippen molar-refractivity contribution >= 4 is 11.8 Å². The van der Waals surface area contributed by atoms with E-state index in [1.165, 1.54) is 10.9 Å². The van der Waals surface area contributed by atoms with Gasteiger partial charge in [-0.2, -0.15) is 5.10 Å². The van der Waals surface area contributed by atoms with Gasteiger partial charge in [-0.3, -0.25) is 25.1 Å². The highest BCUT2D eigenvalue weighted by Crippen LogP contribution is 2.11. The second-order valence-electron chi connectivity index (χ2n) is 3.85. The number of hydrogen-bond acceptors (Lipinski definition) is 4. The third-order valence-electron chi connectivity index (χ3n) is 2.49. The van der Waals surface area contributed by atoms with E-state index in [4.69, 9.17) is 4.74 Å². The molecule has 2 amide bonds. The number of nitrogens with zero attached hydrogens (tertiary/aromatic N) is 2. The smallest absolute Gasteiger partial charge is 0.272 e. The summed E-state index contributed by atoms with van der Waals surface area (Å²) in [4.78, 5) is 23.1. The summed E-state index contributed by atoms with van der Waals surface area (Å²) in [7, 11) is 1.71. The molecule has 17 heavy (non-hydrogen) atoms. The quantitative estimate of drug-likeness (QED) is 0.671. The molecule has 1 aromatic rings. The van der Waals surface area contributed by atoms with Gasteiger partial charge in [0.05, 0.1) is 11.8 Å². The zero-order valence-corrected chi connectivity index (χ0v) is 9.47. The number of amides is 2. The Morgan fingerprint density at radius 1 is 1.53 bits per heavy atom. The maximum Gasteiger partial charge on any atom is 0.272 e. The number of ether oxygens (including phenoxy) is 1. The number of carbonyl (C=O) groups excluding carboxylic acids is 2. The molecule has 0 aromatic carbocycles. The van der Waals surface area contributed by atoms with E-state index in [1.807, 2.05) is 0 Å². The van der Waals surface area contributed by atoms with Crippen LogP contribution in [0.15, 0.2) is 12.4 Å². The lowest BCUT2D eigenvalue weighted by Gasteiger charge is -2.10. The highest BCUT2D eigenvalue weighted by Gasteiger charge is 2.23. The van der Waals surface area contributed by atoms with Crippen molar-refractivity contribution in [2.45, 2.75) is 18.9 Å². The van der Waals surface area contributed by atoms with Gasteiger partial charge in [0.25, 0.3) is 11.8 Å². The number of aryl methyl sites for hydroxylation is 1. The molecule has 0 spiro atoms. The van der Waals surface area contributed by atoms with E-state index < -0.39 is 12.0 Å². The van der Waals surface area contributed by atoms with Crippen LogP contribution in [0.3, 0.4) is 0 Å². The lowest BCUT2D eigenvalue weighted by atomic mass is 10.2. The molecular weight excluding hydrogens is 224 g/mol. The average molecular weight is 238 g/mol. The van der Waals surface area contributed by atoms with E-state index in [-0.39, 0.29) is 5.91 Å². The van der Waals surface area contributed by atoms with Crippen LogP contribution in [0, 0.1) is 0 Å². The Kier molecular flexibility index (Phi) is 3.38. The first-order valence-corrected chi connectivity index (χ1v) is 5.37. The molecule has 1 aromatic heterocycles. The monoisotopic (exact) mass is 238 g/mol. The molecule has 1 fully saturated rings. The van der Waals surface area contributed by atoms with Gasteiger partial charge in [0.1, 0.15) is 6.10 Å². The Morgan fingerprint density at radius 3 is 2.94 bits per heavy atom. The molecule has 2 heterocycles. The molecule has 92 valence electrons. The maximum atomic E-state index is 11.6. The lowest BCUT2D eigenvalue weighted by molar-refractivity contribution is -0.130. The molecule has 7 heteroatoms. The van der Waals surface area contributed by atoms with Gasteiger partial charge in [-0.25, -0.2) is 0 Å². The minimum atomic E-state index is -0.454. The minimum Gasteiger partial charge on any atom is -0.368 e. The van der Waals surface area contributed by atoms with Gasteiger partial charge in [-0.1, -0.05) is 0 Å². The van der Waals surface area contributed by atoms with E-state index in [1.54, 1.807) is 13.2 Å². The highest BCUT2D eigenvalue weighted by atomic mass is 16.5. The van der Waals surface area contributed by atoms with Crippen molar-refractivity contribution < 1.29 is 14.3 Å². The first-order chi connectivity index (χ1) is 8.16. The van der Waals surface area contributed by atoms with Gasteiger partial charge in [-0.05, 0) is 12.8 Å². The zero-order valence-electron chi connectivity index (χ0n) is 9.47. The molecule has 1 unspecified atom stereocenters. The van der Waals surface area contributed by atoms with Crippen molar-refractivity contribution in [2.24, 2.45) is 7.05 Å². The molecule has 0 aliphatic carbocycles. The van der Waals surface area contributed by atoms with Gasteiger partial charge in [0, 0.05) is 19.9 Å². The number of nitrogens with one attached hydrogen (secondary N) is 2. The zero-order chi connectivity index (χ0) is 12.3. The van der Waals surface area contributed by atoms with E-state index in [0.717, 1.165) is 6.42 Å². The molecule has 2 rings (SSSR count). The number of hydrazine groups is 1. The minimum absolute atomic E-state index is 0.320. The number of hydrogen-bond donors (Lipinski definition) is 2. The Hall–Kier alpha value is -1.89. The highest BCUT2D eigenvalue weighted by molar-refractivity contribution is 5.95. The van der Waals surface area contributed by atoms with Gasteiger partial charge in [0.15, 0.2) is 0 Å². The summed E-state index contributed by atoms with van der Waals surface area (Å²) in [5.74, 6) is -0.718. The lowest BCUT2D eigenvalue weighted by Crippen LogP contribution is -2.46. The van der Waals surface area contributed by atoms with Gasteiger partial charge in [-0.15, -0.1) is 0 Å². The van der Waals surface area contributed by atoms with E-state index in [0.29, 0.717) is 18.6 Å². The number of rotatable bonds is 2. The Morgan fingerprint density at radius 2 is 2.35 bits per heavy atom. The van der Waals surface area contributed by atoms with Crippen LogP contribution in [0.1, 0.15) is 23.2 Å². The van der Waals surface area contributed by atoms with Crippen molar-refractivity contribution in [3.05, 3.63) is 18.0 Å². The van der Waals surface area contributed by atoms with Crippen LogP contribution in [0.4, 0.5) is 0 Å². The molecule has 0 bridgehead atoms. The Labute approximate surface area is 98.1 Å². The largest absolute Gasteiger partial charge is 0.368 e. The molecule has 0 radical (unpaired) electrons. The molecule has 1 aliphatic rings. The number of aromatic nitrogens is 2. The summed E-state index contributed by atoms with van der Waals surface area (Å²) >= 11 is 0. The SMILES string of the molecule is Cn1cc(C(=O)NNC(=O)C2CCCO2)cn1. The van der Waals surface area contributed by atoms with Crippen LogP contribution in [0.5, 0.6) is 0 Å². The second kappa shape index (κ2) is 4.96. The van der Waals surface area contributed by atoms with E-state index >= 15 is 0 Å². The Bertz CT molecular complexity index is 423. The van der Waals surface area contributed by atoms with Gasteiger partial charge < -0.3 is 4.74 Å². The van der Waals surface area contributed by atoms with Crippen LogP contribution in [-0.4, -0.2) is 34.3 Å². The molecule has 1 atom stereocenters. The first kappa shape index (κ1) is 11.6. The van der Waals surface area contributed by atoms with Crippen molar-refractivity contribution in [1.82, 2.24) is 20.6 Å². The van der Waals surface area contributed by atoms with Crippen LogP contribution in [0.2, 0.25) is 0 Å². The summed E-state index contributed by atoms with van der Waals surface area (Å²) in [5, 5.41) is 3.86. The summed E-state index contributed by atoms with van der Waals surface area (Å²) in [6.07, 6.45) is 4.09. The van der Waals surface area contributed by atoms with Gasteiger partial charge >= 0.3 is 0 Å². The fourth-order valence-corrected chi connectivity index (χ4v) is 1.59. The van der Waals surface area contributed by atoms with E-state index in [9.17, 15) is 9.59 Å². The van der Waals surface area contributed by atoms with E-state index in [2.05, 4.69) is 16.0 Å². The van der Waals surface area contributed by atoms with Crippen LogP contribution in [-0.2, 0) is 16.6 Å². The number of carbonyl (C=O) groups is 2. The average Bonchev–Trinajstić information content (AvgIpc) is 2.95. The fourth-order valence-electron chi connectivity index (χ4n) is 1.59. The topological polar surface area (TPSA) is 85.2 Å². The Balaban J connectivity index is 1.81. The first-order valence-electron chi connectivity index (χ1n) is 5.37. The summed E-state index contributed by atoms with van der Waals surface area (Å²) in [6, 6.07) is 0. The van der Waals surface area contributed by atoms with Crippen molar-refractivity contribution in [1.29, 1.82) is 0 Å². The molecule has 2 N–H and O–H groups in total. The van der Waals surface area contributed by atoms with Crippen molar-refractivity contribution in [2.75, 3.05) is 6.61 Å². The van der Waals surface area contributed by atoms with Crippen LogP contribution in [0.25, 0.3) is 0 Å². The van der Waals surface area contributed by atoms with Crippen molar-refractivity contribution in [3.8, 4) is 0 Å². The van der Waals surface area contributed by atoms with Crippen LogP contribution >= 0.6 is 0 Å².